The zero-order valence-electron chi connectivity index (χ0n) is 11.7. The van der Waals surface area contributed by atoms with Gasteiger partial charge in [-0.3, -0.25) is 10.1 Å². The minimum absolute atomic E-state index is 0.109. The van der Waals surface area contributed by atoms with Crippen LogP contribution in [0.3, 0.4) is 0 Å². The first kappa shape index (κ1) is 14.0. The van der Waals surface area contributed by atoms with Crippen LogP contribution in [-0.4, -0.2) is 26.2 Å². The Bertz CT molecular complexity index is 697. The van der Waals surface area contributed by atoms with Gasteiger partial charge in [-0.05, 0) is 33.3 Å². The Morgan fingerprint density at radius 3 is 2.65 bits per heavy atom. The number of carbonyl (C=O) groups excluding carboxylic acids is 1. The average molecular weight is 277 g/mol. The quantitative estimate of drug-likeness (QED) is 0.590. The van der Waals surface area contributed by atoms with Gasteiger partial charge in [0.05, 0.1) is 4.92 Å². The summed E-state index contributed by atoms with van der Waals surface area (Å²) in [6.45, 7) is 7.06. The molecule has 0 bridgehead atoms. The summed E-state index contributed by atoms with van der Waals surface area (Å²) in [6, 6.07) is 1.40. The zero-order valence-corrected chi connectivity index (χ0v) is 11.7. The third kappa shape index (κ3) is 2.61. The minimum atomic E-state index is -0.623. The summed E-state index contributed by atoms with van der Waals surface area (Å²) in [7, 11) is 0. The Hall–Kier alpha value is -2.44. The van der Waals surface area contributed by atoms with Crippen molar-refractivity contribution < 1.29 is 14.5 Å². The van der Waals surface area contributed by atoms with Gasteiger partial charge in [0.25, 0.3) is 5.69 Å². The van der Waals surface area contributed by atoms with Crippen LogP contribution in [0.25, 0.3) is 11.0 Å². The summed E-state index contributed by atoms with van der Waals surface area (Å²) in [6.07, 6.45) is 2.13. The number of carbonyl (C=O) groups is 1. The van der Waals surface area contributed by atoms with Gasteiger partial charge in [0.2, 0.25) is 0 Å². The summed E-state index contributed by atoms with van der Waals surface area (Å²) in [5.74, 6) is 0. The molecule has 2 heterocycles. The van der Waals surface area contributed by atoms with Crippen molar-refractivity contribution in [1.82, 2.24) is 9.55 Å². The third-order valence-electron chi connectivity index (χ3n) is 2.63. The number of aryl methyl sites for hydroxylation is 1. The Morgan fingerprint density at radius 2 is 2.10 bits per heavy atom. The molecular weight excluding hydrogens is 262 g/mol. The van der Waals surface area contributed by atoms with E-state index in [0.717, 1.165) is 11.8 Å². The van der Waals surface area contributed by atoms with Crippen molar-refractivity contribution in [3.8, 4) is 0 Å². The van der Waals surface area contributed by atoms with Crippen LogP contribution < -0.4 is 0 Å². The van der Waals surface area contributed by atoms with E-state index in [-0.39, 0.29) is 5.69 Å². The first-order valence-electron chi connectivity index (χ1n) is 6.04. The number of ether oxygens (including phenoxy) is 1. The van der Waals surface area contributed by atoms with Gasteiger partial charge >= 0.3 is 6.09 Å². The second kappa shape index (κ2) is 4.59. The van der Waals surface area contributed by atoms with E-state index in [1.54, 1.807) is 33.9 Å². The number of nitro groups is 1. The van der Waals surface area contributed by atoms with Crippen LogP contribution in [0.4, 0.5) is 10.5 Å². The molecule has 0 unspecified atom stereocenters. The number of pyridine rings is 1. The van der Waals surface area contributed by atoms with Crippen LogP contribution >= 0.6 is 0 Å². The number of rotatable bonds is 1. The smallest absolute Gasteiger partial charge is 0.420 e. The number of hydrogen-bond donors (Lipinski definition) is 0. The maximum atomic E-state index is 12.1. The van der Waals surface area contributed by atoms with Gasteiger partial charge in [0, 0.05) is 17.6 Å². The van der Waals surface area contributed by atoms with E-state index in [2.05, 4.69) is 4.98 Å². The largest absolute Gasteiger partial charge is 0.443 e. The first-order chi connectivity index (χ1) is 9.19. The second-order valence-corrected chi connectivity index (χ2v) is 5.48. The fraction of sp³-hybridized carbons (Fsp3) is 0.385. The Balaban J connectivity index is 2.51. The minimum Gasteiger partial charge on any atom is -0.443 e. The van der Waals surface area contributed by atoms with Crippen molar-refractivity contribution in [3.63, 3.8) is 0 Å². The fourth-order valence-electron chi connectivity index (χ4n) is 1.80. The van der Waals surface area contributed by atoms with Crippen molar-refractivity contribution in [1.29, 1.82) is 0 Å². The van der Waals surface area contributed by atoms with Crippen LogP contribution in [0, 0.1) is 17.0 Å². The molecule has 0 fully saturated rings. The predicted molar refractivity (Wildman–Crippen MR) is 72.8 cm³/mol. The number of hydrogen-bond acceptors (Lipinski definition) is 5. The first-order valence-corrected chi connectivity index (χ1v) is 6.04. The van der Waals surface area contributed by atoms with E-state index in [0.29, 0.717) is 11.0 Å². The van der Waals surface area contributed by atoms with Crippen LogP contribution in [0.5, 0.6) is 0 Å². The topological polar surface area (TPSA) is 87.3 Å². The molecule has 7 nitrogen and oxygen atoms in total. The lowest BCUT2D eigenvalue weighted by Gasteiger charge is -2.19. The molecule has 0 aromatic carbocycles. The summed E-state index contributed by atoms with van der Waals surface area (Å²) >= 11 is 0. The van der Waals surface area contributed by atoms with Gasteiger partial charge in [-0.1, -0.05) is 0 Å². The molecule has 0 atom stereocenters. The standard InChI is InChI=1S/C13H15N3O4/c1-8-7-15(12(17)20-13(2,3)4)11-10(8)5-9(6-14-11)16(18)19/h5-7H,1-4H3. The van der Waals surface area contributed by atoms with E-state index in [1.165, 1.54) is 10.6 Å². The molecule has 0 aliphatic rings. The summed E-state index contributed by atoms with van der Waals surface area (Å²) < 4.78 is 6.54. The van der Waals surface area contributed by atoms with E-state index in [4.69, 9.17) is 4.74 Å². The van der Waals surface area contributed by atoms with E-state index < -0.39 is 16.6 Å². The lowest BCUT2D eigenvalue weighted by molar-refractivity contribution is -0.385. The zero-order chi connectivity index (χ0) is 15.1. The molecule has 2 rings (SSSR count). The number of fused-ring (bicyclic) bond motifs is 1. The molecular formula is C13H15N3O4. The molecule has 0 aliphatic heterocycles. The van der Waals surface area contributed by atoms with Gasteiger partial charge < -0.3 is 4.74 Å². The summed E-state index contributed by atoms with van der Waals surface area (Å²) in [5, 5.41) is 11.3. The second-order valence-electron chi connectivity index (χ2n) is 5.48. The number of nitrogens with zero attached hydrogens (tertiary/aromatic N) is 3. The van der Waals surface area contributed by atoms with Crippen LogP contribution in [0.1, 0.15) is 26.3 Å². The predicted octanol–water partition coefficient (Wildman–Crippen LogP) is 3.04. The Kier molecular flexibility index (Phi) is 3.21. The molecule has 0 amide bonds. The highest BCUT2D eigenvalue weighted by molar-refractivity contribution is 5.90. The summed E-state index contributed by atoms with van der Waals surface area (Å²) in [4.78, 5) is 26.3. The molecule has 2 aromatic rings. The molecule has 0 aliphatic carbocycles. The molecule has 0 saturated carbocycles. The lowest BCUT2D eigenvalue weighted by Crippen LogP contribution is -2.26. The highest BCUT2D eigenvalue weighted by Crippen LogP contribution is 2.24. The van der Waals surface area contributed by atoms with E-state index in [9.17, 15) is 14.9 Å². The van der Waals surface area contributed by atoms with Crippen LogP contribution in [0.15, 0.2) is 18.5 Å². The van der Waals surface area contributed by atoms with Gasteiger partial charge in [0.15, 0.2) is 0 Å². The molecule has 0 radical (unpaired) electrons. The monoisotopic (exact) mass is 277 g/mol. The van der Waals surface area contributed by atoms with E-state index in [1.807, 2.05) is 0 Å². The molecule has 0 N–H and O–H groups in total. The van der Waals surface area contributed by atoms with Gasteiger partial charge in [-0.2, -0.15) is 0 Å². The molecule has 0 saturated heterocycles. The van der Waals surface area contributed by atoms with Crippen molar-refractivity contribution in [2.75, 3.05) is 0 Å². The SMILES string of the molecule is Cc1cn(C(=O)OC(C)(C)C)c2ncc([N+](=O)[O-])cc12. The highest BCUT2D eigenvalue weighted by atomic mass is 16.6. The number of aromatic nitrogens is 2. The molecule has 106 valence electrons. The van der Waals surface area contributed by atoms with Crippen molar-refractivity contribution in [2.24, 2.45) is 0 Å². The molecule has 0 spiro atoms. The van der Waals surface area contributed by atoms with Gasteiger partial charge in [-0.15, -0.1) is 0 Å². The maximum absolute atomic E-state index is 12.1. The Morgan fingerprint density at radius 1 is 1.45 bits per heavy atom. The van der Waals surface area contributed by atoms with Crippen molar-refractivity contribution >= 4 is 22.8 Å². The summed E-state index contributed by atoms with van der Waals surface area (Å²) in [5.41, 5.74) is 0.342. The molecule has 20 heavy (non-hydrogen) atoms. The Labute approximate surface area is 115 Å². The third-order valence-corrected chi connectivity index (χ3v) is 2.63. The van der Waals surface area contributed by atoms with Gasteiger partial charge in [0.1, 0.15) is 17.4 Å². The van der Waals surface area contributed by atoms with Crippen molar-refractivity contribution in [3.05, 3.63) is 34.1 Å². The average Bonchev–Trinajstić information content (AvgIpc) is 2.64. The molecule has 2 aromatic heterocycles. The van der Waals surface area contributed by atoms with Crippen molar-refractivity contribution in [2.45, 2.75) is 33.3 Å². The lowest BCUT2D eigenvalue weighted by atomic mass is 10.2. The van der Waals surface area contributed by atoms with Gasteiger partial charge in [-0.25, -0.2) is 14.3 Å². The highest BCUT2D eigenvalue weighted by Gasteiger charge is 2.21. The maximum Gasteiger partial charge on any atom is 0.420 e. The normalized spacial score (nSPS) is 11.6. The van der Waals surface area contributed by atoms with E-state index >= 15 is 0 Å². The molecule has 7 heteroatoms. The van der Waals surface area contributed by atoms with Crippen LogP contribution in [-0.2, 0) is 4.74 Å². The van der Waals surface area contributed by atoms with Crippen LogP contribution in [0.2, 0.25) is 0 Å². The fourth-order valence-corrected chi connectivity index (χ4v) is 1.80.